The first kappa shape index (κ1) is 13.7. The number of hydrogen-bond acceptors (Lipinski definition) is 1. The molecule has 90 valence electrons. The molecule has 0 heterocycles. The van der Waals surface area contributed by atoms with E-state index >= 15 is 0 Å². The van der Waals surface area contributed by atoms with Gasteiger partial charge in [-0.05, 0) is 66.0 Å². The molecule has 3 heteroatoms. The third-order valence-corrected chi connectivity index (χ3v) is 3.31. The van der Waals surface area contributed by atoms with Gasteiger partial charge < -0.3 is 5.32 Å². The first-order valence-electron chi connectivity index (χ1n) is 5.75. The summed E-state index contributed by atoms with van der Waals surface area (Å²) in [6, 6.07) is 5.29. The van der Waals surface area contributed by atoms with Crippen LogP contribution in [0.5, 0.6) is 0 Å². The molecule has 1 atom stereocenters. The quantitative estimate of drug-likeness (QED) is 0.840. The standard InChI is InChI=1S/C13H19BrFN/c1-3-4-11(9-16-2)7-10-5-6-13(15)12(14)8-10/h5-6,8,11,16H,3-4,7,9H2,1-2H3. The number of nitrogens with one attached hydrogen (secondary N) is 1. The van der Waals surface area contributed by atoms with Gasteiger partial charge in [0.2, 0.25) is 0 Å². The Bertz CT molecular complexity index is 322. The summed E-state index contributed by atoms with van der Waals surface area (Å²) in [5, 5.41) is 3.21. The molecular weight excluding hydrogens is 269 g/mol. The van der Waals surface area contributed by atoms with E-state index in [-0.39, 0.29) is 5.82 Å². The van der Waals surface area contributed by atoms with Gasteiger partial charge in [0.25, 0.3) is 0 Å². The molecule has 0 fully saturated rings. The van der Waals surface area contributed by atoms with Gasteiger partial charge in [0, 0.05) is 0 Å². The molecule has 1 aromatic carbocycles. The molecule has 1 aromatic rings. The van der Waals surface area contributed by atoms with Crippen molar-refractivity contribution < 1.29 is 4.39 Å². The van der Waals surface area contributed by atoms with Crippen LogP contribution in [0.2, 0.25) is 0 Å². The SMILES string of the molecule is CCCC(CNC)Cc1ccc(F)c(Br)c1. The number of rotatable bonds is 6. The smallest absolute Gasteiger partial charge is 0.137 e. The van der Waals surface area contributed by atoms with Gasteiger partial charge in [-0.3, -0.25) is 0 Å². The van der Waals surface area contributed by atoms with E-state index in [0.29, 0.717) is 10.4 Å². The Morgan fingerprint density at radius 2 is 2.19 bits per heavy atom. The maximum Gasteiger partial charge on any atom is 0.137 e. The summed E-state index contributed by atoms with van der Waals surface area (Å²) in [5.74, 6) is 0.441. The summed E-state index contributed by atoms with van der Waals surface area (Å²) in [6.07, 6.45) is 3.40. The molecular formula is C13H19BrFN. The molecule has 16 heavy (non-hydrogen) atoms. The molecule has 0 spiro atoms. The third-order valence-electron chi connectivity index (χ3n) is 2.70. The first-order chi connectivity index (χ1) is 7.67. The summed E-state index contributed by atoms with van der Waals surface area (Å²) in [6.45, 7) is 3.21. The predicted octanol–water partition coefficient (Wildman–Crippen LogP) is 3.77. The molecule has 0 amide bonds. The Hall–Kier alpha value is -0.410. The van der Waals surface area contributed by atoms with Crippen LogP contribution >= 0.6 is 15.9 Å². The summed E-state index contributed by atoms with van der Waals surface area (Å²) in [7, 11) is 1.98. The van der Waals surface area contributed by atoms with Crippen LogP contribution in [0.3, 0.4) is 0 Å². The zero-order valence-electron chi connectivity index (χ0n) is 9.89. The van der Waals surface area contributed by atoms with E-state index in [1.807, 2.05) is 19.2 Å². The van der Waals surface area contributed by atoms with Gasteiger partial charge in [-0.25, -0.2) is 4.39 Å². The number of halogens is 2. The minimum atomic E-state index is -0.190. The van der Waals surface area contributed by atoms with E-state index < -0.39 is 0 Å². The number of hydrogen-bond donors (Lipinski definition) is 1. The van der Waals surface area contributed by atoms with Crippen molar-refractivity contribution in [3.05, 3.63) is 34.1 Å². The second-order valence-corrected chi connectivity index (χ2v) is 5.02. The van der Waals surface area contributed by atoms with Crippen molar-refractivity contribution in [2.75, 3.05) is 13.6 Å². The fraction of sp³-hybridized carbons (Fsp3) is 0.538. The Balaban J connectivity index is 2.65. The van der Waals surface area contributed by atoms with Gasteiger partial charge in [-0.15, -0.1) is 0 Å². The Morgan fingerprint density at radius 3 is 2.75 bits per heavy atom. The minimum absolute atomic E-state index is 0.190. The van der Waals surface area contributed by atoms with Crippen LogP contribution in [-0.2, 0) is 6.42 Å². The molecule has 1 nitrogen and oxygen atoms in total. The number of benzene rings is 1. The Labute approximate surface area is 106 Å². The van der Waals surface area contributed by atoms with Crippen LogP contribution in [-0.4, -0.2) is 13.6 Å². The molecule has 0 aliphatic rings. The molecule has 0 aliphatic carbocycles. The van der Waals surface area contributed by atoms with Crippen LogP contribution in [0.1, 0.15) is 25.3 Å². The van der Waals surface area contributed by atoms with Crippen molar-refractivity contribution in [1.82, 2.24) is 5.32 Å². The first-order valence-corrected chi connectivity index (χ1v) is 6.55. The average molecular weight is 288 g/mol. The van der Waals surface area contributed by atoms with Crippen molar-refractivity contribution >= 4 is 15.9 Å². The monoisotopic (exact) mass is 287 g/mol. The van der Waals surface area contributed by atoms with Crippen molar-refractivity contribution in [2.45, 2.75) is 26.2 Å². The fourth-order valence-corrected chi connectivity index (χ4v) is 2.40. The summed E-state index contributed by atoms with van der Waals surface area (Å²) in [4.78, 5) is 0. The van der Waals surface area contributed by atoms with Gasteiger partial charge >= 0.3 is 0 Å². The van der Waals surface area contributed by atoms with Crippen LogP contribution in [0.15, 0.2) is 22.7 Å². The van der Waals surface area contributed by atoms with Crippen molar-refractivity contribution in [1.29, 1.82) is 0 Å². The molecule has 1 N–H and O–H groups in total. The normalized spacial score (nSPS) is 12.8. The summed E-state index contributed by atoms with van der Waals surface area (Å²) >= 11 is 3.22. The maximum atomic E-state index is 13.1. The molecule has 0 saturated heterocycles. The second-order valence-electron chi connectivity index (χ2n) is 4.16. The topological polar surface area (TPSA) is 12.0 Å². The molecule has 1 unspecified atom stereocenters. The predicted molar refractivity (Wildman–Crippen MR) is 70.1 cm³/mol. The van der Waals surface area contributed by atoms with Gasteiger partial charge in [-0.1, -0.05) is 19.4 Å². The lowest BCUT2D eigenvalue weighted by Gasteiger charge is -2.15. The highest BCUT2D eigenvalue weighted by molar-refractivity contribution is 9.10. The van der Waals surface area contributed by atoms with E-state index in [4.69, 9.17) is 0 Å². The van der Waals surface area contributed by atoms with Crippen LogP contribution in [0.4, 0.5) is 4.39 Å². The van der Waals surface area contributed by atoms with Gasteiger partial charge in [-0.2, -0.15) is 0 Å². The molecule has 0 radical (unpaired) electrons. The van der Waals surface area contributed by atoms with E-state index in [1.165, 1.54) is 24.5 Å². The summed E-state index contributed by atoms with van der Waals surface area (Å²) < 4.78 is 13.6. The van der Waals surface area contributed by atoms with Crippen molar-refractivity contribution in [3.63, 3.8) is 0 Å². The maximum absolute atomic E-state index is 13.1. The van der Waals surface area contributed by atoms with Gasteiger partial charge in [0.05, 0.1) is 4.47 Å². The Morgan fingerprint density at radius 1 is 1.44 bits per heavy atom. The second kappa shape index (κ2) is 7.02. The van der Waals surface area contributed by atoms with Gasteiger partial charge in [0.1, 0.15) is 5.82 Å². The van der Waals surface area contributed by atoms with Crippen LogP contribution in [0.25, 0.3) is 0 Å². The Kier molecular flexibility index (Phi) is 5.99. The molecule has 0 saturated carbocycles. The van der Waals surface area contributed by atoms with E-state index in [9.17, 15) is 4.39 Å². The third kappa shape index (κ3) is 4.22. The zero-order valence-corrected chi connectivity index (χ0v) is 11.5. The average Bonchev–Trinajstić information content (AvgIpc) is 2.24. The van der Waals surface area contributed by atoms with E-state index in [2.05, 4.69) is 28.2 Å². The molecule has 0 aliphatic heterocycles. The molecule has 1 rings (SSSR count). The highest BCUT2D eigenvalue weighted by Gasteiger charge is 2.09. The lowest BCUT2D eigenvalue weighted by atomic mass is 9.95. The lowest BCUT2D eigenvalue weighted by Crippen LogP contribution is -2.20. The molecule has 0 bridgehead atoms. The van der Waals surface area contributed by atoms with Crippen molar-refractivity contribution in [3.8, 4) is 0 Å². The van der Waals surface area contributed by atoms with Gasteiger partial charge in [0.15, 0.2) is 0 Å². The van der Waals surface area contributed by atoms with Crippen LogP contribution in [0, 0.1) is 11.7 Å². The van der Waals surface area contributed by atoms with E-state index in [1.54, 1.807) is 0 Å². The highest BCUT2D eigenvalue weighted by atomic mass is 79.9. The van der Waals surface area contributed by atoms with Crippen LogP contribution < -0.4 is 5.32 Å². The zero-order chi connectivity index (χ0) is 12.0. The van der Waals surface area contributed by atoms with E-state index in [0.717, 1.165) is 13.0 Å². The highest BCUT2D eigenvalue weighted by Crippen LogP contribution is 2.20. The van der Waals surface area contributed by atoms with Crippen molar-refractivity contribution in [2.24, 2.45) is 5.92 Å². The largest absolute Gasteiger partial charge is 0.319 e. The lowest BCUT2D eigenvalue weighted by molar-refractivity contribution is 0.455. The summed E-state index contributed by atoms with van der Waals surface area (Å²) in [5.41, 5.74) is 1.20. The fourth-order valence-electron chi connectivity index (χ4n) is 1.97. The minimum Gasteiger partial charge on any atom is -0.319 e. The molecule has 0 aromatic heterocycles.